The second-order valence-electron chi connectivity index (χ2n) is 3.74. The summed E-state index contributed by atoms with van der Waals surface area (Å²) in [6.07, 6.45) is 1.66. The fourth-order valence-electron chi connectivity index (χ4n) is 1.28. The first-order chi connectivity index (χ1) is 7.19. The van der Waals surface area contributed by atoms with Gasteiger partial charge in [0.25, 0.3) is 0 Å². The number of nitrogens with two attached hydrogens (primary N) is 1. The van der Waals surface area contributed by atoms with Gasteiger partial charge in [-0.15, -0.1) is 0 Å². The predicted molar refractivity (Wildman–Crippen MR) is 60.3 cm³/mol. The van der Waals surface area contributed by atoms with Crippen molar-refractivity contribution in [2.24, 2.45) is 11.7 Å². The molecule has 3 N–H and O–H groups in total. The van der Waals surface area contributed by atoms with Gasteiger partial charge in [0.2, 0.25) is 0 Å². The molecule has 4 heteroatoms. The van der Waals surface area contributed by atoms with Gasteiger partial charge in [0.05, 0.1) is 5.56 Å². The lowest BCUT2D eigenvalue weighted by atomic mass is 10.0. The van der Waals surface area contributed by atoms with Crippen LogP contribution in [-0.4, -0.2) is 17.6 Å². The van der Waals surface area contributed by atoms with E-state index in [4.69, 9.17) is 11.0 Å². The first-order valence-electron chi connectivity index (χ1n) is 5.00. The molecule has 0 aliphatic carbocycles. The molecule has 0 saturated carbocycles. The molecule has 80 valence electrons. The zero-order valence-corrected chi connectivity index (χ0v) is 9.07. The van der Waals surface area contributed by atoms with E-state index < -0.39 is 0 Å². The van der Waals surface area contributed by atoms with Crippen LogP contribution in [0.5, 0.6) is 0 Å². The minimum atomic E-state index is 0.145. The van der Waals surface area contributed by atoms with E-state index in [1.165, 1.54) is 0 Å². The number of nitrogens with one attached hydrogen (secondary N) is 1. The zero-order valence-electron chi connectivity index (χ0n) is 9.07. The maximum atomic E-state index is 8.88. The Hall–Kier alpha value is -1.60. The van der Waals surface area contributed by atoms with Crippen molar-refractivity contribution in [1.82, 2.24) is 4.98 Å². The van der Waals surface area contributed by atoms with E-state index in [0.29, 0.717) is 23.8 Å². The Balaban J connectivity index is 2.84. The predicted octanol–water partition coefficient (Wildman–Crippen LogP) is 1.35. The minimum Gasteiger partial charge on any atom is -0.365 e. The van der Waals surface area contributed by atoms with E-state index in [1.807, 2.05) is 0 Å². The Morgan fingerprint density at radius 2 is 2.33 bits per heavy atom. The van der Waals surface area contributed by atoms with Crippen molar-refractivity contribution >= 4 is 5.82 Å². The van der Waals surface area contributed by atoms with Crippen molar-refractivity contribution < 1.29 is 0 Å². The van der Waals surface area contributed by atoms with Crippen LogP contribution in [0.1, 0.15) is 19.4 Å². The van der Waals surface area contributed by atoms with Crippen molar-refractivity contribution in [3.63, 3.8) is 0 Å². The smallest absolute Gasteiger partial charge is 0.144 e. The van der Waals surface area contributed by atoms with Crippen LogP contribution >= 0.6 is 0 Å². The first-order valence-corrected chi connectivity index (χ1v) is 5.00. The molecule has 0 saturated heterocycles. The lowest BCUT2D eigenvalue weighted by molar-refractivity contribution is 0.530. The molecule has 0 fully saturated rings. The topological polar surface area (TPSA) is 74.7 Å². The van der Waals surface area contributed by atoms with E-state index in [0.717, 1.165) is 0 Å². The fourth-order valence-corrected chi connectivity index (χ4v) is 1.28. The summed E-state index contributed by atoms with van der Waals surface area (Å²) in [5.41, 5.74) is 6.19. The van der Waals surface area contributed by atoms with E-state index in [1.54, 1.807) is 18.3 Å². The van der Waals surface area contributed by atoms with Crippen LogP contribution in [0.3, 0.4) is 0 Å². The lowest BCUT2D eigenvalue weighted by Crippen LogP contribution is -2.34. The minimum absolute atomic E-state index is 0.145. The Morgan fingerprint density at radius 1 is 1.60 bits per heavy atom. The maximum Gasteiger partial charge on any atom is 0.144 e. The Morgan fingerprint density at radius 3 is 2.87 bits per heavy atom. The number of anilines is 1. The number of rotatable bonds is 4. The van der Waals surface area contributed by atoms with Gasteiger partial charge in [-0.3, -0.25) is 0 Å². The molecular weight excluding hydrogens is 188 g/mol. The van der Waals surface area contributed by atoms with Gasteiger partial charge < -0.3 is 11.1 Å². The van der Waals surface area contributed by atoms with Crippen LogP contribution < -0.4 is 11.1 Å². The summed E-state index contributed by atoms with van der Waals surface area (Å²) in [6, 6.07) is 5.73. The normalized spacial score (nSPS) is 12.2. The van der Waals surface area contributed by atoms with Crippen LogP contribution in [0.15, 0.2) is 18.3 Å². The van der Waals surface area contributed by atoms with Gasteiger partial charge in [-0.1, -0.05) is 13.8 Å². The van der Waals surface area contributed by atoms with Crippen molar-refractivity contribution in [3.05, 3.63) is 23.9 Å². The molecule has 0 aromatic carbocycles. The average Bonchev–Trinajstić information content (AvgIpc) is 2.25. The summed E-state index contributed by atoms with van der Waals surface area (Å²) in [6.45, 7) is 4.69. The van der Waals surface area contributed by atoms with Gasteiger partial charge in [0.15, 0.2) is 0 Å². The standard InChI is InChI=1S/C11H16N4/c1-8(2)10(7-13)15-11-9(6-12)4-3-5-14-11/h3-5,8,10H,7,13H2,1-2H3,(H,14,15). The van der Waals surface area contributed by atoms with Crippen molar-refractivity contribution in [2.75, 3.05) is 11.9 Å². The van der Waals surface area contributed by atoms with Crippen molar-refractivity contribution in [2.45, 2.75) is 19.9 Å². The third kappa shape index (κ3) is 2.93. The second-order valence-corrected chi connectivity index (χ2v) is 3.74. The molecule has 0 spiro atoms. The van der Waals surface area contributed by atoms with Gasteiger partial charge in [0.1, 0.15) is 11.9 Å². The van der Waals surface area contributed by atoms with Gasteiger partial charge >= 0.3 is 0 Å². The monoisotopic (exact) mass is 204 g/mol. The lowest BCUT2D eigenvalue weighted by Gasteiger charge is -2.21. The van der Waals surface area contributed by atoms with Crippen LogP contribution in [0.2, 0.25) is 0 Å². The van der Waals surface area contributed by atoms with Crippen LogP contribution in [0.25, 0.3) is 0 Å². The second kappa shape index (κ2) is 5.32. The highest BCUT2D eigenvalue weighted by atomic mass is 15.0. The Kier molecular flexibility index (Phi) is 4.07. The van der Waals surface area contributed by atoms with E-state index in [9.17, 15) is 0 Å². The summed E-state index contributed by atoms with van der Waals surface area (Å²) >= 11 is 0. The van der Waals surface area contributed by atoms with Gasteiger partial charge in [-0.25, -0.2) is 4.98 Å². The van der Waals surface area contributed by atoms with Crippen LogP contribution in [0.4, 0.5) is 5.82 Å². The van der Waals surface area contributed by atoms with E-state index in [-0.39, 0.29) is 6.04 Å². The molecule has 1 aromatic heterocycles. The SMILES string of the molecule is CC(C)C(CN)Nc1ncccc1C#N. The largest absolute Gasteiger partial charge is 0.365 e. The summed E-state index contributed by atoms with van der Waals surface area (Å²) in [4.78, 5) is 4.13. The van der Waals surface area contributed by atoms with E-state index >= 15 is 0 Å². The molecule has 1 rings (SSSR count). The third-order valence-electron chi connectivity index (χ3n) is 2.31. The molecule has 4 nitrogen and oxygen atoms in total. The molecule has 0 aliphatic rings. The van der Waals surface area contributed by atoms with Crippen LogP contribution in [0, 0.1) is 17.2 Å². The molecule has 0 radical (unpaired) electrons. The summed E-state index contributed by atoms with van der Waals surface area (Å²) in [5, 5.41) is 12.1. The molecule has 15 heavy (non-hydrogen) atoms. The Bertz CT molecular complexity index is 354. The summed E-state index contributed by atoms with van der Waals surface area (Å²) in [7, 11) is 0. The molecule has 0 bridgehead atoms. The highest BCUT2D eigenvalue weighted by Crippen LogP contribution is 2.13. The molecule has 0 aliphatic heterocycles. The quantitative estimate of drug-likeness (QED) is 0.776. The van der Waals surface area contributed by atoms with Gasteiger partial charge in [0, 0.05) is 18.8 Å². The first kappa shape index (κ1) is 11.5. The number of nitriles is 1. The molecule has 1 unspecified atom stereocenters. The zero-order chi connectivity index (χ0) is 11.3. The van der Waals surface area contributed by atoms with E-state index in [2.05, 4.69) is 30.2 Å². The summed E-state index contributed by atoms with van der Waals surface area (Å²) < 4.78 is 0. The molecule has 1 atom stereocenters. The number of hydrogen-bond donors (Lipinski definition) is 2. The Labute approximate surface area is 90.1 Å². The molecule has 0 amide bonds. The van der Waals surface area contributed by atoms with Gasteiger partial charge in [-0.2, -0.15) is 5.26 Å². The highest BCUT2D eigenvalue weighted by Gasteiger charge is 2.13. The maximum absolute atomic E-state index is 8.88. The number of aromatic nitrogens is 1. The number of hydrogen-bond acceptors (Lipinski definition) is 4. The van der Waals surface area contributed by atoms with Gasteiger partial charge in [-0.05, 0) is 18.1 Å². The van der Waals surface area contributed by atoms with Crippen LogP contribution in [-0.2, 0) is 0 Å². The fraction of sp³-hybridized carbons (Fsp3) is 0.455. The molecule has 1 aromatic rings. The molecule has 1 heterocycles. The molecular formula is C11H16N4. The van der Waals surface area contributed by atoms with Crippen molar-refractivity contribution in [1.29, 1.82) is 5.26 Å². The highest BCUT2D eigenvalue weighted by molar-refractivity contribution is 5.51. The number of pyridine rings is 1. The number of nitrogens with zero attached hydrogens (tertiary/aromatic N) is 2. The summed E-state index contributed by atoms with van der Waals surface area (Å²) in [5.74, 6) is 1.02. The van der Waals surface area contributed by atoms with Crippen molar-refractivity contribution in [3.8, 4) is 6.07 Å². The average molecular weight is 204 g/mol. The third-order valence-corrected chi connectivity index (χ3v) is 2.31.